The normalized spacial score (nSPS) is 20.3. The molecule has 1 aromatic carbocycles. The van der Waals surface area contributed by atoms with E-state index >= 15 is 0 Å². The highest BCUT2D eigenvalue weighted by Crippen LogP contribution is 2.34. The number of hydrogen-bond acceptors (Lipinski definition) is 6. The highest BCUT2D eigenvalue weighted by atomic mass is 16.2. The van der Waals surface area contributed by atoms with Gasteiger partial charge < -0.3 is 21.5 Å². The Morgan fingerprint density at radius 3 is 2.86 bits per heavy atom. The molecule has 1 amide bonds. The summed E-state index contributed by atoms with van der Waals surface area (Å²) >= 11 is 0. The van der Waals surface area contributed by atoms with Crippen molar-refractivity contribution in [3.63, 3.8) is 0 Å². The van der Waals surface area contributed by atoms with Gasteiger partial charge in [-0.25, -0.2) is 0 Å². The molecule has 2 atom stereocenters. The molecule has 1 fully saturated rings. The molecular weight excluding hydrogens is 364 g/mol. The average Bonchev–Trinajstić information content (AvgIpc) is 2.72. The van der Waals surface area contributed by atoms with E-state index in [-0.39, 0.29) is 5.91 Å². The van der Waals surface area contributed by atoms with Gasteiger partial charge in [-0.05, 0) is 29.9 Å². The van der Waals surface area contributed by atoms with Crippen LogP contribution in [0, 0.1) is 16.7 Å². The predicted molar refractivity (Wildman–Crippen MR) is 117 cm³/mol. The van der Waals surface area contributed by atoms with Crippen molar-refractivity contribution >= 4 is 29.2 Å². The van der Waals surface area contributed by atoms with Crippen LogP contribution in [-0.2, 0) is 4.79 Å². The molecule has 2 aromatic rings. The SMILES string of the molecule is CN/C=C(\C=N)NC(=O)CN1C[C@H](C)C[C@H](c2ccc(C=N)c3ncccc23)C1. The first-order valence-corrected chi connectivity index (χ1v) is 9.84. The second kappa shape index (κ2) is 9.43. The van der Waals surface area contributed by atoms with Crippen molar-refractivity contribution in [2.75, 3.05) is 26.7 Å². The summed E-state index contributed by atoms with van der Waals surface area (Å²) in [6, 6.07) is 8.07. The van der Waals surface area contributed by atoms with Gasteiger partial charge in [0, 0.05) is 55.9 Å². The van der Waals surface area contributed by atoms with Gasteiger partial charge in [-0.1, -0.05) is 25.1 Å². The summed E-state index contributed by atoms with van der Waals surface area (Å²) in [4.78, 5) is 19.1. The van der Waals surface area contributed by atoms with Crippen molar-refractivity contribution in [1.82, 2.24) is 20.5 Å². The van der Waals surface area contributed by atoms with Crippen LogP contribution in [0.15, 0.2) is 42.4 Å². The Morgan fingerprint density at radius 2 is 2.14 bits per heavy atom. The van der Waals surface area contributed by atoms with Crippen LogP contribution >= 0.6 is 0 Å². The van der Waals surface area contributed by atoms with Gasteiger partial charge in [0.2, 0.25) is 5.91 Å². The molecule has 2 heterocycles. The molecule has 29 heavy (non-hydrogen) atoms. The molecule has 3 rings (SSSR count). The monoisotopic (exact) mass is 392 g/mol. The molecule has 1 saturated heterocycles. The molecule has 0 aliphatic carbocycles. The van der Waals surface area contributed by atoms with Gasteiger partial charge in [0.15, 0.2) is 0 Å². The lowest BCUT2D eigenvalue weighted by atomic mass is 9.83. The minimum atomic E-state index is -0.117. The van der Waals surface area contributed by atoms with E-state index in [1.54, 1.807) is 19.4 Å². The molecule has 7 heteroatoms. The number of likely N-dealkylation sites (tertiary alicyclic amines) is 1. The first-order valence-electron chi connectivity index (χ1n) is 9.84. The minimum Gasteiger partial charge on any atom is -0.392 e. The van der Waals surface area contributed by atoms with E-state index in [9.17, 15) is 4.79 Å². The largest absolute Gasteiger partial charge is 0.392 e. The summed E-state index contributed by atoms with van der Waals surface area (Å²) in [6.07, 6.45) is 6.88. The van der Waals surface area contributed by atoms with Crippen molar-refractivity contribution in [3.05, 3.63) is 53.5 Å². The van der Waals surface area contributed by atoms with E-state index < -0.39 is 0 Å². The number of benzene rings is 1. The van der Waals surface area contributed by atoms with Crippen molar-refractivity contribution in [3.8, 4) is 0 Å². The fourth-order valence-electron chi connectivity index (χ4n) is 4.18. The molecule has 1 aromatic heterocycles. The molecule has 1 aliphatic heterocycles. The molecule has 0 radical (unpaired) electrons. The van der Waals surface area contributed by atoms with Crippen LogP contribution in [0.3, 0.4) is 0 Å². The maximum absolute atomic E-state index is 12.4. The van der Waals surface area contributed by atoms with Crippen LogP contribution in [0.4, 0.5) is 0 Å². The Balaban J connectivity index is 1.79. The number of carbonyl (C=O) groups excluding carboxylic acids is 1. The van der Waals surface area contributed by atoms with E-state index in [1.807, 2.05) is 12.1 Å². The maximum Gasteiger partial charge on any atom is 0.238 e. The van der Waals surface area contributed by atoms with Crippen LogP contribution in [-0.4, -0.2) is 54.9 Å². The fraction of sp³-hybridized carbons (Fsp3) is 0.364. The molecular formula is C22H28N6O. The number of aromatic nitrogens is 1. The van der Waals surface area contributed by atoms with E-state index in [0.29, 0.717) is 24.1 Å². The fourth-order valence-corrected chi connectivity index (χ4v) is 4.18. The number of amides is 1. The zero-order chi connectivity index (χ0) is 20.8. The van der Waals surface area contributed by atoms with Crippen molar-refractivity contribution < 1.29 is 4.79 Å². The number of hydrogen-bond donors (Lipinski definition) is 4. The standard InChI is InChI=1S/C22H28N6O/c1-15-8-17(13-28(12-15)14-21(29)27-18(10-24)11-25-2)19-6-5-16(9-23)22-20(19)4-3-7-26-22/h3-7,9-11,15,17,23-25H,8,12-14H2,1-2H3,(H,27,29)/b18-11+,23-9?,24-10?/t15-,17+/m1/s1. The van der Waals surface area contributed by atoms with Gasteiger partial charge in [-0.2, -0.15) is 0 Å². The second-order valence-electron chi connectivity index (χ2n) is 7.60. The number of pyridine rings is 1. The summed E-state index contributed by atoms with van der Waals surface area (Å²) in [7, 11) is 1.73. The van der Waals surface area contributed by atoms with Crippen LogP contribution in [0.25, 0.3) is 10.9 Å². The maximum atomic E-state index is 12.4. The second-order valence-corrected chi connectivity index (χ2v) is 7.60. The van der Waals surface area contributed by atoms with Crippen molar-refractivity contribution in [2.24, 2.45) is 5.92 Å². The van der Waals surface area contributed by atoms with Crippen molar-refractivity contribution in [1.29, 1.82) is 10.8 Å². The quantitative estimate of drug-likeness (QED) is 0.543. The number of rotatable bonds is 7. The molecule has 7 nitrogen and oxygen atoms in total. The Hall–Kier alpha value is -3.06. The van der Waals surface area contributed by atoms with Gasteiger partial charge in [0.1, 0.15) is 0 Å². The number of fused-ring (bicyclic) bond motifs is 1. The highest BCUT2D eigenvalue weighted by Gasteiger charge is 2.28. The Kier molecular flexibility index (Phi) is 6.72. The summed E-state index contributed by atoms with van der Waals surface area (Å²) in [5, 5.41) is 21.7. The van der Waals surface area contributed by atoms with Gasteiger partial charge in [0.25, 0.3) is 0 Å². The summed E-state index contributed by atoms with van der Waals surface area (Å²) < 4.78 is 0. The van der Waals surface area contributed by atoms with Gasteiger partial charge in [0.05, 0.1) is 17.8 Å². The molecule has 4 N–H and O–H groups in total. The van der Waals surface area contributed by atoms with Crippen LogP contribution in [0.2, 0.25) is 0 Å². The van der Waals surface area contributed by atoms with E-state index in [1.165, 1.54) is 11.8 Å². The zero-order valence-electron chi connectivity index (χ0n) is 16.9. The van der Waals surface area contributed by atoms with Crippen LogP contribution in [0.5, 0.6) is 0 Å². The molecule has 0 saturated carbocycles. The summed E-state index contributed by atoms with van der Waals surface area (Å²) in [6.45, 7) is 4.17. The third kappa shape index (κ3) is 4.86. The molecule has 0 spiro atoms. The lowest BCUT2D eigenvalue weighted by Crippen LogP contribution is -2.44. The Bertz CT molecular complexity index is 938. The third-order valence-corrected chi connectivity index (χ3v) is 5.27. The first kappa shape index (κ1) is 20.7. The zero-order valence-corrected chi connectivity index (χ0v) is 16.9. The Morgan fingerprint density at radius 1 is 1.31 bits per heavy atom. The number of nitrogens with one attached hydrogen (secondary N) is 4. The molecule has 1 aliphatic rings. The lowest BCUT2D eigenvalue weighted by molar-refractivity contribution is -0.121. The smallest absolute Gasteiger partial charge is 0.238 e. The molecule has 152 valence electrons. The summed E-state index contributed by atoms with van der Waals surface area (Å²) in [5.41, 5.74) is 3.35. The van der Waals surface area contributed by atoms with Crippen LogP contribution < -0.4 is 10.6 Å². The van der Waals surface area contributed by atoms with E-state index in [4.69, 9.17) is 10.8 Å². The lowest BCUT2D eigenvalue weighted by Gasteiger charge is -2.36. The number of nitrogens with zero attached hydrogens (tertiary/aromatic N) is 2. The average molecular weight is 393 g/mol. The summed E-state index contributed by atoms with van der Waals surface area (Å²) in [5.74, 6) is 0.646. The van der Waals surface area contributed by atoms with Crippen LogP contribution in [0.1, 0.15) is 30.4 Å². The Labute approximate surface area is 171 Å². The van der Waals surface area contributed by atoms with Crippen molar-refractivity contribution in [2.45, 2.75) is 19.3 Å². The highest BCUT2D eigenvalue weighted by molar-refractivity contribution is 5.98. The molecule has 0 bridgehead atoms. The number of piperidine rings is 1. The van der Waals surface area contributed by atoms with Gasteiger partial charge >= 0.3 is 0 Å². The minimum absolute atomic E-state index is 0.117. The van der Waals surface area contributed by atoms with E-state index in [2.05, 4.69) is 39.6 Å². The van der Waals surface area contributed by atoms with E-state index in [0.717, 1.165) is 42.2 Å². The van der Waals surface area contributed by atoms with Gasteiger partial charge in [-0.15, -0.1) is 0 Å². The number of allylic oxidation sites excluding steroid dienone is 1. The predicted octanol–water partition coefficient (Wildman–Crippen LogP) is 2.48. The number of carbonyl (C=O) groups is 1. The van der Waals surface area contributed by atoms with Gasteiger partial charge in [-0.3, -0.25) is 14.7 Å². The topological polar surface area (TPSA) is 105 Å². The molecule has 0 unspecified atom stereocenters. The third-order valence-electron chi connectivity index (χ3n) is 5.27. The first-order chi connectivity index (χ1) is 14.0.